The van der Waals surface area contributed by atoms with Crippen molar-refractivity contribution >= 4 is 29.8 Å². The number of carbonyl (C=O) groups is 2. The van der Waals surface area contributed by atoms with Gasteiger partial charge in [-0.15, -0.1) is 11.8 Å². The number of aliphatic hydroxyl groups is 1. The van der Waals surface area contributed by atoms with E-state index in [1.54, 1.807) is 18.2 Å². The molecule has 0 aliphatic carbocycles. The molecule has 1 spiro atoms. The fourth-order valence-corrected chi connectivity index (χ4v) is 12.4. The Morgan fingerprint density at radius 3 is 2.54 bits per heavy atom. The number of aromatic hydroxyl groups is 2. The molecule has 0 radical (unpaired) electrons. The molecule has 4 aromatic carbocycles. The first-order valence-electron chi connectivity index (χ1n) is 20.4. The normalized spacial score (nSPS) is 27.5. The van der Waals surface area contributed by atoms with Crippen LogP contribution in [0.5, 0.6) is 40.2 Å². The standard InChI is InChI=1S/C46H47N3O11S/c1-22-15-26-16-28-44(53)49-29-19-57-45(54)46(27-18-31(55-4)30(50)17-25(27)13-14-47-46)20-61-43(37(49)36(48(28)3)33(26)38(52)39(22)56-5)35-34(29)42-41(58-21-59-42)23(2)40(35)60-32(51)12-11-24-9-7-6-8-10-24/h6-12,15,17-18,28-29,36-37,43-44,47,50,52-53H,13-14,16,19-21H2,1-5H3/b12-11+/t28-,29+,36+,37?,43-,44+,46-/m1/s1. The number of thioether (sulfide) groups is 1. The van der Waals surface area contributed by atoms with Gasteiger partial charge >= 0.3 is 11.9 Å². The van der Waals surface area contributed by atoms with Crippen LogP contribution in [0, 0.1) is 13.8 Å². The number of aryl methyl sites for hydroxylation is 1. The number of phenolic OH excluding ortho intramolecular Hbond substituents is 2. The van der Waals surface area contributed by atoms with Crippen molar-refractivity contribution in [1.82, 2.24) is 15.1 Å². The Labute approximate surface area is 356 Å². The van der Waals surface area contributed by atoms with Crippen molar-refractivity contribution < 1.29 is 53.3 Å². The largest absolute Gasteiger partial charge is 0.504 e. The van der Waals surface area contributed by atoms with E-state index in [1.165, 1.54) is 32.1 Å². The molecule has 0 saturated carbocycles. The Kier molecular flexibility index (Phi) is 9.67. The zero-order chi connectivity index (χ0) is 42.5. The number of ether oxygens (including phenoxy) is 6. The lowest BCUT2D eigenvalue weighted by molar-refractivity contribution is -0.186. The highest BCUT2D eigenvalue weighted by Crippen LogP contribution is 2.64. The van der Waals surface area contributed by atoms with Crippen LogP contribution in [-0.2, 0) is 32.7 Å². The number of likely N-dealkylation sites (N-methyl/N-ethyl adjacent to an activating group) is 1. The first-order chi connectivity index (χ1) is 29.5. The summed E-state index contributed by atoms with van der Waals surface area (Å²) < 4.78 is 36.6. The molecular formula is C46H47N3O11S. The zero-order valence-electron chi connectivity index (χ0n) is 34.4. The number of phenols is 2. The molecule has 7 aliphatic rings. The summed E-state index contributed by atoms with van der Waals surface area (Å²) in [5, 5.41) is 38.6. The molecule has 7 heterocycles. The lowest BCUT2D eigenvalue weighted by Gasteiger charge is -2.62. The first-order valence-corrected chi connectivity index (χ1v) is 21.4. The minimum atomic E-state index is -1.39. The molecule has 1 unspecified atom stereocenters. The molecule has 318 valence electrons. The van der Waals surface area contributed by atoms with E-state index in [0.29, 0.717) is 64.5 Å². The van der Waals surface area contributed by atoms with Crippen molar-refractivity contribution in [3.63, 3.8) is 0 Å². The fraction of sp³-hybridized carbons (Fsp3) is 0.391. The number of esters is 2. The minimum Gasteiger partial charge on any atom is -0.504 e. The molecular weight excluding hydrogens is 803 g/mol. The van der Waals surface area contributed by atoms with Gasteiger partial charge in [0.2, 0.25) is 6.79 Å². The molecule has 61 heavy (non-hydrogen) atoms. The van der Waals surface area contributed by atoms with Gasteiger partial charge in [0, 0.05) is 46.7 Å². The van der Waals surface area contributed by atoms with Crippen LogP contribution in [0.1, 0.15) is 67.4 Å². The fourth-order valence-electron chi connectivity index (χ4n) is 10.7. The molecule has 0 amide bonds. The van der Waals surface area contributed by atoms with Crippen LogP contribution in [0.3, 0.4) is 0 Å². The van der Waals surface area contributed by atoms with Crippen molar-refractivity contribution in [3.8, 4) is 40.2 Å². The van der Waals surface area contributed by atoms with Crippen LogP contribution >= 0.6 is 11.8 Å². The minimum absolute atomic E-state index is 0.0274. The van der Waals surface area contributed by atoms with Gasteiger partial charge in [-0.3, -0.25) is 15.1 Å². The van der Waals surface area contributed by atoms with E-state index in [2.05, 4.69) is 10.2 Å². The van der Waals surface area contributed by atoms with E-state index in [4.69, 9.17) is 28.4 Å². The third-order valence-electron chi connectivity index (χ3n) is 13.4. The Bertz CT molecular complexity index is 2510. The number of carbonyl (C=O) groups excluding carboxylic acids is 2. The average molecular weight is 850 g/mol. The van der Waals surface area contributed by atoms with Crippen molar-refractivity contribution in [2.45, 2.75) is 67.9 Å². The summed E-state index contributed by atoms with van der Waals surface area (Å²) in [4.78, 5) is 33.0. The lowest BCUT2D eigenvalue weighted by Crippen LogP contribution is -2.70. The number of nitrogens with zero attached hydrogens (tertiary/aromatic N) is 2. The summed E-state index contributed by atoms with van der Waals surface area (Å²) in [6.45, 7) is 3.85. The number of fused-ring (bicyclic) bond motifs is 9. The predicted octanol–water partition coefficient (Wildman–Crippen LogP) is 5.11. The Morgan fingerprint density at radius 1 is 0.984 bits per heavy atom. The molecule has 2 saturated heterocycles. The van der Waals surface area contributed by atoms with Gasteiger partial charge in [-0.05, 0) is 79.8 Å². The van der Waals surface area contributed by atoms with Crippen LogP contribution in [0.15, 0.2) is 54.6 Å². The number of benzene rings is 4. The Hall–Kier alpha value is -5.45. The topological polar surface area (TPSA) is 169 Å². The number of hydrogen-bond acceptors (Lipinski definition) is 15. The van der Waals surface area contributed by atoms with E-state index in [0.717, 1.165) is 22.3 Å². The summed E-state index contributed by atoms with van der Waals surface area (Å²) in [5.74, 6) is 0.699. The second-order valence-electron chi connectivity index (χ2n) is 16.5. The molecule has 11 rings (SSSR count). The van der Waals surface area contributed by atoms with Crippen molar-refractivity contribution in [2.75, 3.05) is 47.0 Å². The number of nitrogens with one attached hydrogen (secondary N) is 1. The molecule has 14 nitrogen and oxygen atoms in total. The molecule has 7 aliphatic heterocycles. The molecule has 4 N–H and O–H groups in total. The number of piperazine rings is 1. The average Bonchev–Trinajstić information content (AvgIpc) is 3.75. The van der Waals surface area contributed by atoms with Gasteiger partial charge in [0.25, 0.3) is 0 Å². The summed E-state index contributed by atoms with van der Waals surface area (Å²) in [6, 6.07) is 12.4. The second-order valence-corrected chi connectivity index (χ2v) is 17.6. The van der Waals surface area contributed by atoms with Crippen molar-refractivity contribution in [3.05, 3.63) is 105 Å². The summed E-state index contributed by atoms with van der Waals surface area (Å²) in [5.41, 5.74) is 5.00. The van der Waals surface area contributed by atoms with E-state index in [9.17, 15) is 24.9 Å². The van der Waals surface area contributed by atoms with E-state index >= 15 is 0 Å². The van der Waals surface area contributed by atoms with Gasteiger partial charge in [0.1, 0.15) is 18.6 Å². The monoisotopic (exact) mass is 849 g/mol. The highest BCUT2D eigenvalue weighted by atomic mass is 32.2. The molecule has 4 aromatic rings. The van der Waals surface area contributed by atoms with E-state index in [1.807, 2.05) is 62.2 Å². The van der Waals surface area contributed by atoms with Crippen LogP contribution in [0.2, 0.25) is 0 Å². The van der Waals surface area contributed by atoms with Gasteiger partial charge in [-0.1, -0.05) is 36.4 Å². The number of aliphatic hydroxyl groups excluding tert-OH is 1. The summed E-state index contributed by atoms with van der Waals surface area (Å²) in [6.07, 6.45) is 2.99. The van der Waals surface area contributed by atoms with Crippen molar-refractivity contribution in [1.29, 1.82) is 0 Å². The van der Waals surface area contributed by atoms with Crippen LogP contribution in [0.25, 0.3) is 6.08 Å². The van der Waals surface area contributed by atoms with Crippen LogP contribution in [0.4, 0.5) is 0 Å². The summed E-state index contributed by atoms with van der Waals surface area (Å²) in [7, 11) is 4.96. The van der Waals surface area contributed by atoms with Crippen LogP contribution < -0.4 is 29.0 Å². The highest BCUT2D eigenvalue weighted by Gasteiger charge is 2.61. The molecule has 2 fully saturated rings. The third-order valence-corrected chi connectivity index (χ3v) is 14.9. The van der Waals surface area contributed by atoms with E-state index in [-0.39, 0.29) is 42.2 Å². The third kappa shape index (κ3) is 5.92. The lowest BCUT2D eigenvalue weighted by atomic mass is 9.73. The van der Waals surface area contributed by atoms with Crippen LogP contribution in [-0.4, -0.2) is 102 Å². The van der Waals surface area contributed by atoms with Gasteiger partial charge in [0.05, 0.1) is 37.6 Å². The van der Waals surface area contributed by atoms with Gasteiger partial charge in [-0.2, -0.15) is 0 Å². The smallest absolute Gasteiger partial charge is 0.336 e. The quantitative estimate of drug-likeness (QED) is 0.119. The van der Waals surface area contributed by atoms with Gasteiger partial charge in [-0.25, -0.2) is 9.59 Å². The maximum atomic E-state index is 14.9. The molecule has 0 aromatic heterocycles. The zero-order valence-corrected chi connectivity index (χ0v) is 35.2. The number of methoxy groups -OCH3 is 2. The Morgan fingerprint density at radius 2 is 1.77 bits per heavy atom. The summed E-state index contributed by atoms with van der Waals surface area (Å²) >= 11 is 1.46. The molecule has 4 bridgehead atoms. The van der Waals surface area contributed by atoms with Gasteiger partial charge in [0.15, 0.2) is 40.0 Å². The number of rotatable bonds is 5. The highest BCUT2D eigenvalue weighted by molar-refractivity contribution is 7.99. The maximum absolute atomic E-state index is 14.9. The van der Waals surface area contributed by atoms with E-state index < -0.39 is 53.1 Å². The van der Waals surface area contributed by atoms with Crippen molar-refractivity contribution in [2.24, 2.45) is 0 Å². The Balaban J connectivity index is 1.21. The SMILES string of the molecule is COc1cc2c(cc1O)CCN[C@]21CS[C@@H]2c3c(OC(=O)/C=C/c4ccccc4)c(C)c4c(c3[C@H](COC1=O)N1C2[C@@H]2c3c(cc(C)c(OC)c3O)C[C@H]([C@@H]1O)N2C)OCO4. The number of hydrogen-bond donors (Lipinski definition) is 4. The molecule has 15 heteroatoms. The molecule has 7 atom stereocenters. The first kappa shape index (κ1) is 39.7. The van der Waals surface area contributed by atoms with Gasteiger partial charge < -0.3 is 43.7 Å². The predicted molar refractivity (Wildman–Crippen MR) is 224 cm³/mol. The maximum Gasteiger partial charge on any atom is 0.336 e. The second kappa shape index (κ2) is 14.9.